The van der Waals surface area contributed by atoms with Crippen molar-refractivity contribution in [1.82, 2.24) is 10.6 Å². The first-order valence-electron chi connectivity index (χ1n) is 7.83. The molecule has 2 amide bonds. The van der Waals surface area contributed by atoms with E-state index in [-0.39, 0.29) is 25.1 Å². The van der Waals surface area contributed by atoms with Crippen molar-refractivity contribution in [2.24, 2.45) is 0 Å². The van der Waals surface area contributed by atoms with Gasteiger partial charge in [0.2, 0.25) is 0 Å². The quantitative estimate of drug-likeness (QED) is 0.663. The zero-order valence-corrected chi connectivity index (χ0v) is 14.3. The van der Waals surface area contributed by atoms with Gasteiger partial charge < -0.3 is 20.1 Å². The molecule has 0 aliphatic heterocycles. The Morgan fingerprint density at radius 1 is 1.25 bits per heavy atom. The van der Waals surface area contributed by atoms with E-state index in [0.717, 1.165) is 12.8 Å². The molecule has 2 N–H and O–H groups in total. The van der Waals surface area contributed by atoms with Crippen LogP contribution in [0.5, 0.6) is 5.75 Å². The van der Waals surface area contributed by atoms with Crippen molar-refractivity contribution in [3.63, 3.8) is 0 Å². The van der Waals surface area contributed by atoms with E-state index in [1.54, 1.807) is 24.3 Å². The summed E-state index contributed by atoms with van der Waals surface area (Å²) in [4.78, 5) is 35.1. The normalized spacial score (nSPS) is 11.3. The van der Waals surface area contributed by atoms with Crippen molar-refractivity contribution in [1.29, 1.82) is 0 Å². The Morgan fingerprint density at radius 3 is 2.67 bits per heavy atom. The Morgan fingerprint density at radius 2 is 2.00 bits per heavy atom. The summed E-state index contributed by atoms with van der Waals surface area (Å²) < 4.78 is 9.85. The summed E-state index contributed by atoms with van der Waals surface area (Å²) in [6.07, 6.45) is 1.81. The third-order valence-electron chi connectivity index (χ3n) is 3.22. The molecule has 0 bridgehead atoms. The van der Waals surface area contributed by atoms with E-state index < -0.39 is 11.9 Å². The number of hydrogen-bond donors (Lipinski definition) is 2. The second-order valence-corrected chi connectivity index (χ2v) is 5.33. The summed E-state index contributed by atoms with van der Waals surface area (Å²) in [5.74, 6) is -0.914. The zero-order valence-electron chi connectivity index (χ0n) is 14.3. The van der Waals surface area contributed by atoms with Crippen LogP contribution >= 0.6 is 0 Å². The Bertz CT molecular complexity index is 574. The number of benzene rings is 1. The second kappa shape index (κ2) is 10.3. The highest BCUT2D eigenvalue weighted by molar-refractivity contribution is 5.96. The number of carbonyl (C=O) groups excluding carboxylic acids is 3. The molecule has 0 fully saturated rings. The maximum absolute atomic E-state index is 11.9. The van der Waals surface area contributed by atoms with Gasteiger partial charge in [0.15, 0.2) is 6.61 Å². The topological polar surface area (TPSA) is 93.7 Å². The number of esters is 1. The molecule has 0 spiro atoms. The van der Waals surface area contributed by atoms with E-state index in [9.17, 15) is 14.4 Å². The van der Waals surface area contributed by atoms with Crippen LogP contribution in [0.15, 0.2) is 24.3 Å². The molecule has 1 rings (SSSR count). The van der Waals surface area contributed by atoms with Gasteiger partial charge in [-0.3, -0.25) is 14.4 Å². The van der Waals surface area contributed by atoms with Gasteiger partial charge in [0.05, 0.1) is 7.11 Å². The van der Waals surface area contributed by atoms with Crippen molar-refractivity contribution in [3.8, 4) is 5.75 Å². The van der Waals surface area contributed by atoms with E-state index in [1.165, 1.54) is 7.11 Å². The Kier molecular flexibility index (Phi) is 8.32. The molecule has 0 radical (unpaired) electrons. The molecule has 1 unspecified atom stereocenters. The van der Waals surface area contributed by atoms with Gasteiger partial charge in [-0.15, -0.1) is 0 Å². The third kappa shape index (κ3) is 7.13. The zero-order chi connectivity index (χ0) is 17.9. The number of rotatable bonds is 9. The van der Waals surface area contributed by atoms with Gasteiger partial charge in [-0.25, -0.2) is 0 Å². The molecule has 7 nitrogen and oxygen atoms in total. The van der Waals surface area contributed by atoms with Gasteiger partial charge in [0.25, 0.3) is 11.8 Å². The van der Waals surface area contributed by atoms with Gasteiger partial charge in [0.1, 0.15) is 12.3 Å². The smallest absolute Gasteiger partial charge is 0.325 e. The highest BCUT2D eigenvalue weighted by Crippen LogP contribution is 2.12. The molecule has 0 saturated carbocycles. The largest absolute Gasteiger partial charge is 0.497 e. The van der Waals surface area contributed by atoms with E-state index in [4.69, 9.17) is 9.47 Å². The summed E-state index contributed by atoms with van der Waals surface area (Å²) in [5, 5.41) is 5.16. The van der Waals surface area contributed by atoms with Crippen LogP contribution in [0.25, 0.3) is 0 Å². The molecule has 0 saturated heterocycles. The molecule has 1 aromatic rings. The van der Waals surface area contributed by atoms with Gasteiger partial charge in [-0.2, -0.15) is 0 Å². The maximum atomic E-state index is 11.9. The lowest BCUT2D eigenvalue weighted by atomic mass is 10.2. The summed E-state index contributed by atoms with van der Waals surface area (Å²) in [7, 11) is 1.50. The van der Waals surface area contributed by atoms with Crippen LogP contribution in [0.3, 0.4) is 0 Å². The lowest BCUT2D eigenvalue weighted by molar-refractivity contribution is -0.147. The van der Waals surface area contributed by atoms with E-state index in [0.29, 0.717) is 11.3 Å². The Labute approximate surface area is 141 Å². The van der Waals surface area contributed by atoms with E-state index in [1.807, 2.05) is 13.8 Å². The minimum atomic E-state index is -0.676. The van der Waals surface area contributed by atoms with Crippen LogP contribution in [0, 0.1) is 0 Å². The standard InChI is InChI=1S/C17H24N2O5/c1-4-6-12(2)19-15(20)11-24-16(21)10-18-17(22)13-7-5-8-14(9-13)23-3/h5,7-9,12H,4,6,10-11H2,1-3H3,(H,18,22)(H,19,20). The van der Waals surface area contributed by atoms with Crippen molar-refractivity contribution in [2.75, 3.05) is 20.3 Å². The van der Waals surface area contributed by atoms with Gasteiger partial charge >= 0.3 is 5.97 Å². The molecular formula is C17H24N2O5. The average molecular weight is 336 g/mol. The van der Waals surface area contributed by atoms with Crippen LogP contribution in [-0.2, 0) is 14.3 Å². The molecule has 0 heterocycles. The molecule has 1 atom stereocenters. The molecule has 0 aromatic heterocycles. The number of nitrogens with one attached hydrogen (secondary N) is 2. The molecule has 132 valence electrons. The van der Waals surface area contributed by atoms with Crippen molar-refractivity contribution in [2.45, 2.75) is 32.7 Å². The first-order chi connectivity index (χ1) is 11.5. The SMILES string of the molecule is CCCC(C)NC(=O)COC(=O)CNC(=O)c1cccc(OC)c1. The van der Waals surface area contributed by atoms with Crippen molar-refractivity contribution in [3.05, 3.63) is 29.8 Å². The highest BCUT2D eigenvalue weighted by atomic mass is 16.5. The van der Waals surface area contributed by atoms with Gasteiger partial charge in [-0.05, 0) is 31.5 Å². The van der Waals surface area contributed by atoms with Gasteiger partial charge in [-0.1, -0.05) is 19.4 Å². The number of carbonyl (C=O) groups is 3. The molecular weight excluding hydrogens is 312 g/mol. The highest BCUT2D eigenvalue weighted by Gasteiger charge is 2.12. The third-order valence-corrected chi connectivity index (χ3v) is 3.22. The van der Waals surface area contributed by atoms with Crippen LogP contribution in [0.4, 0.5) is 0 Å². The lowest BCUT2D eigenvalue weighted by Crippen LogP contribution is -2.37. The monoisotopic (exact) mass is 336 g/mol. The fourth-order valence-electron chi connectivity index (χ4n) is 2.04. The van der Waals surface area contributed by atoms with E-state index >= 15 is 0 Å². The first-order valence-corrected chi connectivity index (χ1v) is 7.83. The fourth-order valence-corrected chi connectivity index (χ4v) is 2.04. The number of ether oxygens (including phenoxy) is 2. The second-order valence-electron chi connectivity index (χ2n) is 5.33. The average Bonchev–Trinajstić information content (AvgIpc) is 2.58. The van der Waals surface area contributed by atoms with Crippen LogP contribution in [-0.4, -0.2) is 44.1 Å². The van der Waals surface area contributed by atoms with Crippen molar-refractivity contribution >= 4 is 17.8 Å². The maximum Gasteiger partial charge on any atom is 0.325 e. The lowest BCUT2D eigenvalue weighted by Gasteiger charge is -2.12. The molecule has 0 aliphatic rings. The summed E-state index contributed by atoms with van der Waals surface area (Å²) >= 11 is 0. The molecule has 0 aliphatic carbocycles. The minimum absolute atomic E-state index is 0.0361. The van der Waals surface area contributed by atoms with Crippen LogP contribution in [0.2, 0.25) is 0 Å². The first kappa shape index (κ1) is 19.5. The molecule has 7 heteroatoms. The predicted octanol–water partition coefficient (Wildman–Crippen LogP) is 1.27. The number of amides is 2. The summed E-state index contributed by atoms with van der Waals surface area (Å²) in [6.45, 7) is 3.24. The summed E-state index contributed by atoms with van der Waals surface area (Å²) in [5.41, 5.74) is 0.369. The van der Waals surface area contributed by atoms with Crippen LogP contribution in [0.1, 0.15) is 37.0 Å². The van der Waals surface area contributed by atoms with Gasteiger partial charge in [0, 0.05) is 11.6 Å². The predicted molar refractivity (Wildman–Crippen MR) is 88.8 cm³/mol. The number of hydrogen-bond acceptors (Lipinski definition) is 5. The minimum Gasteiger partial charge on any atom is -0.497 e. The Hall–Kier alpha value is -2.57. The number of methoxy groups -OCH3 is 1. The fraction of sp³-hybridized carbons (Fsp3) is 0.471. The molecule has 24 heavy (non-hydrogen) atoms. The summed E-state index contributed by atoms with van der Waals surface area (Å²) in [6, 6.07) is 6.58. The van der Waals surface area contributed by atoms with E-state index in [2.05, 4.69) is 10.6 Å². The van der Waals surface area contributed by atoms with Crippen LogP contribution < -0.4 is 15.4 Å². The van der Waals surface area contributed by atoms with Crippen molar-refractivity contribution < 1.29 is 23.9 Å². The molecule has 1 aromatic carbocycles. The Balaban J connectivity index is 2.32.